The van der Waals surface area contributed by atoms with Crippen LogP contribution in [0.25, 0.3) is 54.3 Å². The van der Waals surface area contributed by atoms with E-state index < -0.39 is 8.07 Å². The van der Waals surface area contributed by atoms with E-state index in [0.29, 0.717) is 0 Å². The minimum atomic E-state index is -1.49. The van der Waals surface area contributed by atoms with E-state index in [4.69, 9.17) is 8.83 Å². The van der Waals surface area contributed by atoms with Crippen LogP contribution in [-0.2, 0) is 0 Å². The van der Waals surface area contributed by atoms with Crippen molar-refractivity contribution < 1.29 is 8.83 Å². The number of furan rings is 2. The Balaban J connectivity index is 1.73. The third kappa shape index (κ3) is 2.08. The van der Waals surface area contributed by atoms with Crippen LogP contribution >= 0.6 is 0 Å². The molecule has 6 rings (SSSR count). The van der Waals surface area contributed by atoms with Crippen molar-refractivity contribution in [2.24, 2.45) is 0 Å². The Kier molecular flexibility index (Phi) is 3.00. The van der Waals surface area contributed by atoms with Gasteiger partial charge < -0.3 is 8.83 Å². The van der Waals surface area contributed by atoms with Crippen LogP contribution in [0.2, 0.25) is 19.6 Å². The van der Waals surface area contributed by atoms with Crippen LogP contribution in [0.3, 0.4) is 0 Å². The number of fused-ring (bicyclic) bond motifs is 9. The van der Waals surface area contributed by atoms with Crippen molar-refractivity contribution >= 4 is 67.7 Å². The summed E-state index contributed by atoms with van der Waals surface area (Å²) in [5.74, 6) is 0. The second-order valence-corrected chi connectivity index (χ2v) is 13.6. The minimum Gasteiger partial charge on any atom is -0.466 e. The zero-order valence-electron chi connectivity index (χ0n) is 16.2. The summed E-state index contributed by atoms with van der Waals surface area (Å²) in [7, 11) is -1.49. The fourth-order valence-electron chi connectivity index (χ4n) is 4.38. The average Bonchev–Trinajstić information content (AvgIpc) is 3.33. The Morgan fingerprint density at radius 2 is 1.04 bits per heavy atom. The molecule has 0 unspecified atom stereocenters. The summed E-state index contributed by atoms with van der Waals surface area (Å²) < 4.78 is 11.8. The smallest absolute Gasteiger partial charge is 0.134 e. The molecule has 3 heteroatoms. The van der Waals surface area contributed by atoms with Gasteiger partial charge in [-0.05, 0) is 56.6 Å². The Labute approximate surface area is 163 Å². The van der Waals surface area contributed by atoms with Crippen LogP contribution in [0, 0.1) is 0 Å². The van der Waals surface area contributed by atoms with E-state index in [-0.39, 0.29) is 0 Å². The van der Waals surface area contributed by atoms with Crippen molar-refractivity contribution in [2.75, 3.05) is 0 Å². The van der Waals surface area contributed by atoms with Gasteiger partial charge in [0.15, 0.2) is 0 Å². The van der Waals surface area contributed by atoms with Crippen LogP contribution in [0.5, 0.6) is 0 Å². The molecule has 0 N–H and O–H groups in total. The van der Waals surface area contributed by atoms with Gasteiger partial charge in [-0.1, -0.05) is 56.0 Å². The van der Waals surface area contributed by atoms with E-state index in [1.165, 1.54) is 43.1 Å². The quantitative estimate of drug-likeness (QED) is 0.223. The van der Waals surface area contributed by atoms with Crippen LogP contribution in [0.15, 0.2) is 75.8 Å². The molecule has 0 bridgehead atoms. The van der Waals surface area contributed by atoms with E-state index in [1.54, 1.807) is 6.26 Å². The van der Waals surface area contributed by atoms with Crippen molar-refractivity contribution in [3.05, 3.63) is 66.9 Å². The van der Waals surface area contributed by atoms with E-state index in [9.17, 15) is 0 Å². The van der Waals surface area contributed by atoms with E-state index in [0.717, 1.165) is 16.5 Å². The number of hydrogen-bond donors (Lipinski definition) is 0. The van der Waals surface area contributed by atoms with E-state index in [2.05, 4.69) is 80.3 Å². The number of benzene rings is 4. The molecule has 0 saturated heterocycles. The van der Waals surface area contributed by atoms with Gasteiger partial charge in [0, 0.05) is 10.8 Å². The fraction of sp³-hybridized carbons (Fsp3) is 0.120. The van der Waals surface area contributed by atoms with Crippen LogP contribution in [0.1, 0.15) is 0 Å². The first-order chi connectivity index (χ1) is 13.5. The lowest BCUT2D eigenvalue weighted by Crippen LogP contribution is -2.36. The summed E-state index contributed by atoms with van der Waals surface area (Å²) in [5, 5.41) is 11.2. The van der Waals surface area contributed by atoms with Gasteiger partial charge >= 0.3 is 0 Å². The molecule has 28 heavy (non-hydrogen) atoms. The maximum atomic E-state index is 6.21. The number of hydrogen-bond acceptors (Lipinski definition) is 2. The highest BCUT2D eigenvalue weighted by Crippen LogP contribution is 2.37. The lowest BCUT2D eigenvalue weighted by molar-refractivity contribution is 0.616. The molecule has 2 heterocycles. The van der Waals surface area contributed by atoms with Gasteiger partial charge in [0.1, 0.15) is 19.2 Å². The summed E-state index contributed by atoms with van der Waals surface area (Å²) in [6.07, 6.45) is 1.76. The van der Waals surface area contributed by atoms with Crippen LogP contribution in [-0.4, -0.2) is 8.07 Å². The third-order valence-electron chi connectivity index (χ3n) is 5.86. The molecule has 6 aromatic rings. The summed E-state index contributed by atoms with van der Waals surface area (Å²) >= 11 is 0. The molecule has 0 saturated carbocycles. The molecule has 0 fully saturated rings. The van der Waals surface area contributed by atoms with Crippen molar-refractivity contribution in [3.63, 3.8) is 0 Å². The Bertz CT molecular complexity index is 1540. The summed E-state index contributed by atoms with van der Waals surface area (Å²) in [6.45, 7) is 6.97. The molecular weight excluding hydrogens is 360 g/mol. The highest BCUT2D eigenvalue weighted by Gasteiger charge is 2.22. The summed E-state index contributed by atoms with van der Waals surface area (Å²) in [4.78, 5) is 0. The largest absolute Gasteiger partial charge is 0.466 e. The lowest BCUT2D eigenvalue weighted by Gasteiger charge is -2.10. The molecule has 0 atom stereocenters. The second-order valence-electron chi connectivity index (χ2n) is 8.65. The summed E-state index contributed by atoms with van der Waals surface area (Å²) in [5.41, 5.74) is 1.93. The minimum absolute atomic E-state index is 0.937. The normalized spacial score (nSPS) is 12.8. The Hall–Kier alpha value is -3.04. The second kappa shape index (κ2) is 5.27. The molecule has 2 aromatic heterocycles. The Morgan fingerprint density at radius 1 is 0.536 bits per heavy atom. The molecule has 0 aliphatic carbocycles. The van der Waals surface area contributed by atoms with Gasteiger partial charge in [0.2, 0.25) is 0 Å². The van der Waals surface area contributed by atoms with Crippen LogP contribution < -0.4 is 5.38 Å². The van der Waals surface area contributed by atoms with Crippen molar-refractivity contribution in [2.45, 2.75) is 19.6 Å². The first kappa shape index (κ1) is 16.0. The molecule has 0 aliphatic rings. The lowest BCUT2D eigenvalue weighted by atomic mass is 9.95. The predicted molar refractivity (Wildman–Crippen MR) is 121 cm³/mol. The molecule has 0 spiro atoms. The fourth-order valence-corrected chi connectivity index (χ4v) is 5.37. The highest BCUT2D eigenvalue weighted by molar-refractivity contribution is 6.88. The average molecular weight is 381 g/mol. The zero-order chi connectivity index (χ0) is 19.0. The summed E-state index contributed by atoms with van der Waals surface area (Å²) in [6, 6.07) is 21.9. The maximum Gasteiger partial charge on any atom is 0.134 e. The molecule has 136 valence electrons. The van der Waals surface area contributed by atoms with Gasteiger partial charge in [-0.2, -0.15) is 0 Å². The first-order valence-electron chi connectivity index (χ1n) is 9.69. The van der Waals surface area contributed by atoms with Crippen LogP contribution in [0.4, 0.5) is 0 Å². The standard InChI is InChI=1S/C25H20O2Si/c1-28(2,3)25-14-22-20-7-5-15-16(18(20)9-11-24(22)27-25)4-6-19-17(15)8-10-23-21(19)12-13-26-23/h4-14H,1-3H3. The molecule has 0 radical (unpaired) electrons. The predicted octanol–water partition coefficient (Wildman–Crippen LogP) is 7.18. The molecule has 0 aliphatic heterocycles. The molecular formula is C25H20O2Si. The van der Waals surface area contributed by atoms with Gasteiger partial charge in [-0.15, -0.1) is 0 Å². The third-order valence-corrected chi connectivity index (χ3v) is 7.59. The van der Waals surface area contributed by atoms with Crippen molar-refractivity contribution in [3.8, 4) is 0 Å². The number of rotatable bonds is 1. The van der Waals surface area contributed by atoms with Gasteiger partial charge in [-0.25, -0.2) is 0 Å². The van der Waals surface area contributed by atoms with Gasteiger partial charge in [0.05, 0.1) is 11.6 Å². The first-order valence-corrected chi connectivity index (χ1v) is 13.2. The monoisotopic (exact) mass is 380 g/mol. The highest BCUT2D eigenvalue weighted by atomic mass is 28.3. The van der Waals surface area contributed by atoms with Gasteiger partial charge in [0.25, 0.3) is 0 Å². The van der Waals surface area contributed by atoms with E-state index >= 15 is 0 Å². The molecule has 4 aromatic carbocycles. The maximum absolute atomic E-state index is 6.21. The van der Waals surface area contributed by atoms with Gasteiger partial charge in [-0.3, -0.25) is 0 Å². The molecule has 0 amide bonds. The van der Waals surface area contributed by atoms with Crippen molar-refractivity contribution in [1.29, 1.82) is 0 Å². The van der Waals surface area contributed by atoms with E-state index in [1.807, 2.05) is 0 Å². The van der Waals surface area contributed by atoms with Crippen molar-refractivity contribution in [1.82, 2.24) is 0 Å². The zero-order valence-corrected chi connectivity index (χ0v) is 17.2. The SMILES string of the molecule is C[Si](C)(C)c1cc2c(ccc3c2ccc2c4ccc5occc5c4ccc32)o1. The molecule has 2 nitrogen and oxygen atoms in total. The Morgan fingerprint density at radius 3 is 1.64 bits per heavy atom. The topological polar surface area (TPSA) is 26.3 Å².